The summed E-state index contributed by atoms with van der Waals surface area (Å²) in [5, 5.41) is 4.16. The zero-order valence-electron chi connectivity index (χ0n) is 12.0. The number of thiocarbonyl (C=S) groups is 1. The van der Waals surface area contributed by atoms with Gasteiger partial charge in [-0.25, -0.2) is 0 Å². The quantitative estimate of drug-likeness (QED) is 0.748. The molecule has 2 heterocycles. The lowest BCUT2D eigenvalue weighted by molar-refractivity contribution is 0.0498. The van der Waals surface area contributed by atoms with Crippen molar-refractivity contribution in [1.29, 1.82) is 0 Å². The molecule has 2 aliphatic heterocycles. The number of hydrogen-bond donors (Lipinski definition) is 1. The van der Waals surface area contributed by atoms with Crippen LogP contribution in [-0.2, 0) is 0 Å². The van der Waals surface area contributed by atoms with Gasteiger partial charge in [0.1, 0.15) is 5.75 Å². The monoisotopic (exact) mass is 374 g/mol. The van der Waals surface area contributed by atoms with Gasteiger partial charge in [0, 0.05) is 22.1 Å². The Labute approximate surface area is 143 Å². The molecule has 2 aromatic carbocycles. The highest BCUT2D eigenvalue weighted by atomic mass is 79.9. The molecule has 0 aromatic heterocycles. The Kier molecular flexibility index (Phi) is 3.16. The molecule has 112 valence electrons. The number of benzene rings is 2. The molecule has 22 heavy (non-hydrogen) atoms. The molecule has 1 fully saturated rings. The van der Waals surface area contributed by atoms with Gasteiger partial charge in [0.2, 0.25) is 0 Å². The number of nitrogens with zero attached hydrogens (tertiary/aromatic N) is 1. The summed E-state index contributed by atoms with van der Waals surface area (Å²) in [6, 6.07) is 16.5. The van der Waals surface area contributed by atoms with E-state index >= 15 is 0 Å². The number of halogens is 1. The predicted molar refractivity (Wildman–Crippen MR) is 95.2 cm³/mol. The standard InChI is InChI=1S/C17H15BrN2OS/c1-17-10-14(13-7-2-3-8-15(13)21-17)19-16(22)20(17)12-6-4-5-11(18)9-12/h2-9,14H,10H2,1H3,(H,19,22)/t14-,17-/m0/s1. The highest BCUT2D eigenvalue weighted by Crippen LogP contribution is 2.45. The van der Waals surface area contributed by atoms with Gasteiger partial charge in [-0.15, -0.1) is 0 Å². The first-order valence-corrected chi connectivity index (χ1v) is 8.41. The Morgan fingerprint density at radius 2 is 2.09 bits per heavy atom. The molecule has 1 saturated heterocycles. The number of rotatable bonds is 1. The molecule has 0 aliphatic carbocycles. The third-order valence-corrected chi connectivity index (χ3v) is 5.04. The number of para-hydroxylation sites is 1. The number of anilines is 1. The fourth-order valence-electron chi connectivity index (χ4n) is 3.33. The van der Waals surface area contributed by atoms with Crippen LogP contribution >= 0.6 is 28.1 Å². The van der Waals surface area contributed by atoms with Crippen LogP contribution in [0.1, 0.15) is 24.9 Å². The van der Waals surface area contributed by atoms with Crippen LogP contribution in [0.4, 0.5) is 5.69 Å². The van der Waals surface area contributed by atoms with Crippen LogP contribution in [0.25, 0.3) is 0 Å². The Bertz CT molecular complexity index is 766. The third kappa shape index (κ3) is 2.11. The van der Waals surface area contributed by atoms with Crippen molar-refractivity contribution in [1.82, 2.24) is 5.32 Å². The molecule has 2 aromatic rings. The largest absolute Gasteiger partial charge is 0.467 e. The molecule has 0 spiro atoms. The predicted octanol–water partition coefficient (Wildman–Crippen LogP) is 4.38. The zero-order chi connectivity index (χ0) is 15.3. The summed E-state index contributed by atoms with van der Waals surface area (Å²) in [6.07, 6.45) is 0.844. The van der Waals surface area contributed by atoms with E-state index in [2.05, 4.69) is 45.2 Å². The maximum atomic E-state index is 6.35. The molecule has 0 radical (unpaired) electrons. The Morgan fingerprint density at radius 3 is 2.91 bits per heavy atom. The van der Waals surface area contributed by atoms with Gasteiger partial charge in [0.05, 0.1) is 6.04 Å². The van der Waals surface area contributed by atoms with Crippen molar-refractivity contribution in [2.75, 3.05) is 4.90 Å². The molecule has 0 unspecified atom stereocenters. The minimum Gasteiger partial charge on any atom is -0.467 e. The van der Waals surface area contributed by atoms with Crippen LogP contribution in [0, 0.1) is 0 Å². The first kappa shape index (κ1) is 14.0. The fourth-order valence-corrected chi connectivity index (χ4v) is 4.16. The lowest BCUT2D eigenvalue weighted by Gasteiger charge is -2.52. The topological polar surface area (TPSA) is 24.5 Å². The van der Waals surface area contributed by atoms with Gasteiger partial charge in [-0.05, 0) is 43.4 Å². The molecule has 0 saturated carbocycles. The van der Waals surface area contributed by atoms with Gasteiger partial charge < -0.3 is 10.1 Å². The lowest BCUT2D eigenvalue weighted by atomic mass is 9.90. The lowest BCUT2D eigenvalue weighted by Crippen LogP contribution is -2.65. The van der Waals surface area contributed by atoms with E-state index in [9.17, 15) is 0 Å². The van der Waals surface area contributed by atoms with Crippen molar-refractivity contribution >= 4 is 38.9 Å². The van der Waals surface area contributed by atoms with Crippen molar-refractivity contribution in [3.05, 3.63) is 58.6 Å². The minimum atomic E-state index is -0.484. The number of ether oxygens (including phenoxy) is 1. The highest BCUT2D eigenvalue weighted by Gasteiger charge is 2.48. The molecule has 4 rings (SSSR count). The molecular weight excluding hydrogens is 360 g/mol. The molecule has 2 aliphatic rings. The Balaban J connectivity index is 1.82. The van der Waals surface area contributed by atoms with Gasteiger partial charge in [-0.1, -0.05) is 40.2 Å². The van der Waals surface area contributed by atoms with E-state index in [-0.39, 0.29) is 6.04 Å². The van der Waals surface area contributed by atoms with Crippen molar-refractivity contribution in [2.24, 2.45) is 0 Å². The molecular formula is C17H15BrN2OS. The molecule has 5 heteroatoms. The van der Waals surface area contributed by atoms with Crippen LogP contribution in [0.3, 0.4) is 0 Å². The first-order valence-electron chi connectivity index (χ1n) is 7.21. The van der Waals surface area contributed by atoms with Gasteiger partial charge in [-0.2, -0.15) is 0 Å². The summed E-state index contributed by atoms with van der Waals surface area (Å²) in [5.74, 6) is 0.927. The van der Waals surface area contributed by atoms with E-state index in [4.69, 9.17) is 17.0 Å². The minimum absolute atomic E-state index is 0.200. The number of fused-ring (bicyclic) bond motifs is 4. The summed E-state index contributed by atoms with van der Waals surface area (Å²) in [7, 11) is 0. The summed E-state index contributed by atoms with van der Waals surface area (Å²) in [6.45, 7) is 2.10. The second-order valence-electron chi connectivity index (χ2n) is 5.84. The van der Waals surface area contributed by atoms with Crippen LogP contribution in [0.5, 0.6) is 5.75 Å². The van der Waals surface area contributed by atoms with E-state index < -0.39 is 5.72 Å². The summed E-state index contributed by atoms with van der Waals surface area (Å²) in [5.41, 5.74) is 1.71. The average molecular weight is 375 g/mol. The van der Waals surface area contributed by atoms with Crippen molar-refractivity contribution < 1.29 is 4.74 Å². The van der Waals surface area contributed by atoms with E-state index in [1.807, 2.05) is 36.4 Å². The van der Waals surface area contributed by atoms with E-state index in [0.29, 0.717) is 5.11 Å². The van der Waals surface area contributed by atoms with Crippen molar-refractivity contribution in [3.8, 4) is 5.75 Å². The molecule has 2 atom stereocenters. The summed E-state index contributed by atoms with van der Waals surface area (Å²) >= 11 is 9.16. The Hall–Kier alpha value is -1.59. The molecule has 1 N–H and O–H groups in total. The van der Waals surface area contributed by atoms with Crippen molar-refractivity contribution in [3.63, 3.8) is 0 Å². The molecule has 2 bridgehead atoms. The number of nitrogens with one attached hydrogen (secondary N) is 1. The highest BCUT2D eigenvalue weighted by molar-refractivity contribution is 9.10. The van der Waals surface area contributed by atoms with Gasteiger partial charge >= 0.3 is 0 Å². The normalized spacial score (nSPS) is 26.0. The van der Waals surface area contributed by atoms with Crippen LogP contribution in [0.2, 0.25) is 0 Å². The van der Waals surface area contributed by atoms with E-state index in [1.54, 1.807) is 0 Å². The van der Waals surface area contributed by atoms with E-state index in [0.717, 1.165) is 22.3 Å². The summed E-state index contributed by atoms with van der Waals surface area (Å²) < 4.78 is 7.37. The smallest absolute Gasteiger partial charge is 0.188 e. The maximum Gasteiger partial charge on any atom is 0.188 e. The van der Waals surface area contributed by atoms with Gasteiger partial charge in [-0.3, -0.25) is 4.90 Å². The zero-order valence-corrected chi connectivity index (χ0v) is 14.4. The van der Waals surface area contributed by atoms with Crippen molar-refractivity contribution in [2.45, 2.75) is 25.1 Å². The summed E-state index contributed by atoms with van der Waals surface area (Å²) in [4.78, 5) is 2.07. The Morgan fingerprint density at radius 1 is 1.27 bits per heavy atom. The van der Waals surface area contributed by atoms with Gasteiger partial charge in [0.15, 0.2) is 10.8 Å². The van der Waals surface area contributed by atoms with E-state index in [1.165, 1.54) is 5.56 Å². The maximum absolute atomic E-state index is 6.35. The first-order chi connectivity index (χ1) is 10.6. The third-order valence-electron chi connectivity index (χ3n) is 4.25. The van der Waals surface area contributed by atoms with Crippen LogP contribution in [0.15, 0.2) is 53.0 Å². The number of hydrogen-bond acceptors (Lipinski definition) is 2. The average Bonchev–Trinajstić information content (AvgIpc) is 2.46. The second kappa shape index (κ2) is 4.96. The second-order valence-corrected chi connectivity index (χ2v) is 7.14. The molecule has 3 nitrogen and oxygen atoms in total. The van der Waals surface area contributed by atoms with Crippen LogP contribution in [-0.4, -0.2) is 10.8 Å². The van der Waals surface area contributed by atoms with Gasteiger partial charge in [0.25, 0.3) is 0 Å². The fraction of sp³-hybridized carbons (Fsp3) is 0.235. The molecule has 0 amide bonds. The SMILES string of the molecule is C[C@]12C[C@H](NC(=S)N1c1cccc(Br)c1)c1ccccc1O2. The van der Waals surface area contributed by atoms with Crippen LogP contribution < -0.4 is 15.0 Å².